The van der Waals surface area contributed by atoms with Crippen molar-refractivity contribution in [3.8, 4) is 11.5 Å². The molecule has 8 nitrogen and oxygen atoms in total. The van der Waals surface area contributed by atoms with Crippen molar-refractivity contribution in [2.75, 3.05) is 19.5 Å². The molecular weight excluding hydrogens is 454 g/mol. The summed E-state index contributed by atoms with van der Waals surface area (Å²) in [5.41, 5.74) is 8.14. The fourth-order valence-corrected chi connectivity index (χ4v) is 4.05. The van der Waals surface area contributed by atoms with E-state index in [1.807, 2.05) is 73.7 Å². The predicted octanol–water partition coefficient (Wildman–Crippen LogP) is 5.55. The minimum absolute atomic E-state index is 0.331. The van der Waals surface area contributed by atoms with E-state index in [0.717, 1.165) is 55.9 Å². The van der Waals surface area contributed by atoms with Crippen LogP contribution in [0.1, 0.15) is 21.7 Å². The van der Waals surface area contributed by atoms with Gasteiger partial charge in [-0.05, 0) is 61.0 Å². The number of hydrogen-bond donors (Lipinski definition) is 3. The van der Waals surface area contributed by atoms with E-state index in [1.54, 1.807) is 26.5 Å². The Kier molecular flexibility index (Phi) is 6.23. The number of methoxy groups -OCH3 is 2. The molecule has 0 unspecified atom stereocenters. The van der Waals surface area contributed by atoms with Gasteiger partial charge in [-0.1, -0.05) is 24.3 Å². The molecule has 8 heteroatoms. The van der Waals surface area contributed by atoms with Gasteiger partial charge in [0.15, 0.2) is 0 Å². The summed E-state index contributed by atoms with van der Waals surface area (Å²) < 4.78 is 10.7. The molecule has 5 rings (SSSR count). The van der Waals surface area contributed by atoms with Gasteiger partial charge in [0.1, 0.15) is 22.7 Å². The van der Waals surface area contributed by atoms with E-state index in [2.05, 4.69) is 25.8 Å². The zero-order valence-electron chi connectivity index (χ0n) is 20.1. The lowest BCUT2D eigenvalue weighted by molar-refractivity contribution is 0.0951. The Hall–Kier alpha value is -4.85. The Morgan fingerprint density at radius 2 is 1.86 bits per heavy atom. The third-order valence-electron chi connectivity index (χ3n) is 5.77. The van der Waals surface area contributed by atoms with Gasteiger partial charge in [0.2, 0.25) is 0 Å². The third-order valence-corrected chi connectivity index (χ3v) is 5.77. The number of nitrogens with zero attached hydrogens (tertiary/aromatic N) is 2. The van der Waals surface area contributed by atoms with Crippen LogP contribution in [0.5, 0.6) is 11.5 Å². The molecule has 2 aromatic heterocycles. The van der Waals surface area contributed by atoms with Crippen LogP contribution in [0.15, 0.2) is 77.9 Å². The van der Waals surface area contributed by atoms with Gasteiger partial charge < -0.3 is 19.8 Å². The number of amides is 1. The minimum Gasteiger partial charge on any atom is -0.497 e. The molecule has 5 aromatic rings. The molecular formula is C28H25N5O3. The number of pyridine rings is 1. The topological polar surface area (TPSA) is 101 Å². The van der Waals surface area contributed by atoms with Crippen LogP contribution in [-0.4, -0.2) is 36.3 Å². The van der Waals surface area contributed by atoms with Gasteiger partial charge in [0.05, 0.1) is 20.4 Å². The van der Waals surface area contributed by atoms with Crippen molar-refractivity contribution in [1.82, 2.24) is 15.4 Å². The first-order valence-electron chi connectivity index (χ1n) is 11.4. The zero-order chi connectivity index (χ0) is 25.1. The van der Waals surface area contributed by atoms with Gasteiger partial charge in [0.25, 0.3) is 5.91 Å². The van der Waals surface area contributed by atoms with Gasteiger partial charge in [-0.3, -0.25) is 4.79 Å². The average molecular weight is 480 g/mol. The van der Waals surface area contributed by atoms with Crippen molar-refractivity contribution in [2.24, 2.45) is 5.10 Å². The molecule has 0 fully saturated rings. The van der Waals surface area contributed by atoms with Crippen LogP contribution in [0.3, 0.4) is 0 Å². The van der Waals surface area contributed by atoms with Crippen LogP contribution in [0.25, 0.3) is 21.8 Å². The molecule has 3 aromatic carbocycles. The van der Waals surface area contributed by atoms with E-state index in [9.17, 15) is 4.79 Å². The van der Waals surface area contributed by atoms with Gasteiger partial charge >= 0.3 is 0 Å². The molecule has 36 heavy (non-hydrogen) atoms. The lowest BCUT2D eigenvalue weighted by Gasteiger charge is -2.13. The highest BCUT2D eigenvalue weighted by Crippen LogP contribution is 2.32. The van der Waals surface area contributed by atoms with Crippen molar-refractivity contribution < 1.29 is 14.3 Å². The van der Waals surface area contributed by atoms with Crippen molar-refractivity contribution in [3.63, 3.8) is 0 Å². The smallest absolute Gasteiger partial charge is 0.287 e. The first-order valence-corrected chi connectivity index (χ1v) is 11.4. The molecule has 0 bridgehead atoms. The Morgan fingerprint density at radius 3 is 2.69 bits per heavy atom. The number of aryl methyl sites for hydroxylation is 1. The number of carbonyl (C=O) groups excluding carboxylic acids is 1. The molecule has 180 valence electrons. The first kappa shape index (κ1) is 22.9. The Morgan fingerprint density at radius 1 is 1.00 bits per heavy atom. The maximum atomic E-state index is 12.6. The second-order valence-corrected chi connectivity index (χ2v) is 8.25. The second kappa shape index (κ2) is 9.79. The number of benzene rings is 3. The molecule has 2 heterocycles. The maximum absolute atomic E-state index is 12.6. The number of rotatable bonds is 7. The summed E-state index contributed by atoms with van der Waals surface area (Å²) in [6.45, 7) is 1.95. The third kappa shape index (κ3) is 4.69. The van der Waals surface area contributed by atoms with E-state index in [1.165, 1.54) is 0 Å². The maximum Gasteiger partial charge on any atom is 0.287 e. The quantitative estimate of drug-likeness (QED) is 0.210. The van der Waals surface area contributed by atoms with Crippen LogP contribution in [0, 0.1) is 6.92 Å². The largest absolute Gasteiger partial charge is 0.497 e. The Bertz CT molecular complexity index is 1610. The fraction of sp³-hybridized carbons (Fsp3) is 0.107. The number of H-pyrrole nitrogens is 1. The van der Waals surface area contributed by atoms with E-state index < -0.39 is 0 Å². The SMILES string of the molecule is COc1cccc(/C=N/NC(=O)c2cc3cc(Nc4cc(C)nc5c(OC)cccc45)ccc3[nH]2)c1. The number of anilines is 2. The monoisotopic (exact) mass is 479 g/mol. The van der Waals surface area contributed by atoms with Crippen LogP contribution in [0.4, 0.5) is 11.4 Å². The van der Waals surface area contributed by atoms with E-state index in [-0.39, 0.29) is 5.91 Å². The van der Waals surface area contributed by atoms with Gasteiger partial charge in [-0.2, -0.15) is 5.10 Å². The molecule has 0 aliphatic heterocycles. The van der Waals surface area contributed by atoms with Crippen LogP contribution < -0.4 is 20.2 Å². The van der Waals surface area contributed by atoms with Crippen molar-refractivity contribution >= 4 is 45.3 Å². The standard InChI is InChI=1S/C28H25N5O3/c1-17-12-24(22-8-5-9-26(36-3)27(22)30-17)31-20-10-11-23-19(14-20)15-25(32-23)28(34)33-29-16-18-6-4-7-21(13-18)35-2/h4-16,32H,1-3H3,(H,30,31)(H,33,34)/b29-16+. The number of para-hydroxylation sites is 1. The van der Waals surface area contributed by atoms with Gasteiger partial charge in [-0.15, -0.1) is 0 Å². The van der Waals surface area contributed by atoms with Crippen LogP contribution in [-0.2, 0) is 0 Å². The van der Waals surface area contributed by atoms with Crippen molar-refractivity contribution in [1.29, 1.82) is 0 Å². The first-order chi connectivity index (χ1) is 17.5. The molecule has 0 aliphatic carbocycles. The highest BCUT2D eigenvalue weighted by Gasteiger charge is 2.11. The number of hydrazone groups is 1. The summed E-state index contributed by atoms with van der Waals surface area (Å²) in [4.78, 5) is 20.4. The number of aromatic amines is 1. The summed E-state index contributed by atoms with van der Waals surface area (Å²) in [6.07, 6.45) is 1.57. The Labute approximate surface area is 208 Å². The number of fused-ring (bicyclic) bond motifs is 2. The highest BCUT2D eigenvalue weighted by molar-refractivity contribution is 6.00. The Balaban J connectivity index is 1.35. The molecule has 0 aliphatic rings. The number of nitrogens with one attached hydrogen (secondary N) is 3. The summed E-state index contributed by atoms with van der Waals surface area (Å²) in [7, 11) is 3.25. The molecule has 0 radical (unpaired) electrons. The number of hydrogen-bond acceptors (Lipinski definition) is 6. The summed E-state index contributed by atoms with van der Waals surface area (Å²) in [6, 6.07) is 23.0. The van der Waals surface area contributed by atoms with Crippen molar-refractivity contribution in [2.45, 2.75) is 6.92 Å². The highest BCUT2D eigenvalue weighted by atomic mass is 16.5. The molecule has 0 atom stereocenters. The zero-order valence-corrected chi connectivity index (χ0v) is 20.1. The minimum atomic E-state index is -0.331. The lowest BCUT2D eigenvalue weighted by Crippen LogP contribution is -2.17. The summed E-state index contributed by atoms with van der Waals surface area (Å²) in [5.74, 6) is 1.12. The van der Waals surface area contributed by atoms with E-state index in [0.29, 0.717) is 5.69 Å². The normalized spacial score (nSPS) is 11.2. The van der Waals surface area contributed by atoms with Crippen LogP contribution >= 0.6 is 0 Å². The van der Waals surface area contributed by atoms with Crippen LogP contribution in [0.2, 0.25) is 0 Å². The predicted molar refractivity (Wildman–Crippen MR) is 143 cm³/mol. The number of aromatic nitrogens is 2. The van der Waals surface area contributed by atoms with E-state index in [4.69, 9.17) is 9.47 Å². The van der Waals surface area contributed by atoms with E-state index >= 15 is 0 Å². The molecule has 0 spiro atoms. The molecule has 0 saturated carbocycles. The molecule has 3 N–H and O–H groups in total. The molecule has 0 saturated heterocycles. The average Bonchev–Trinajstić information content (AvgIpc) is 3.32. The number of carbonyl (C=O) groups is 1. The fourth-order valence-electron chi connectivity index (χ4n) is 4.05. The van der Waals surface area contributed by atoms with Gasteiger partial charge in [-0.25, -0.2) is 10.4 Å². The molecule has 1 amide bonds. The summed E-state index contributed by atoms with van der Waals surface area (Å²) in [5, 5.41) is 9.41. The van der Waals surface area contributed by atoms with Crippen molar-refractivity contribution in [3.05, 3.63) is 89.7 Å². The lowest BCUT2D eigenvalue weighted by atomic mass is 10.1. The second-order valence-electron chi connectivity index (χ2n) is 8.25. The number of ether oxygens (including phenoxy) is 2. The van der Waals surface area contributed by atoms with Gasteiger partial charge in [0, 0.05) is 33.4 Å². The summed E-state index contributed by atoms with van der Waals surface area (Å²) >= 11 is 0.